The van der Waals surface area contributed by atoms with E-state index in [2.05, 4.69) is 0 Å². The molecular weight excluding hydrogens is 158 g/mol. The molecule has 0 aromatic heterocycles. The highest BCUT2D eigenvalue weighted by atomic mass is 16.4. The van der Waals surface area contributed by atoms with Crippen molar-refractivity contribution in [3.05, 3.63) is 0 Å². The van der Waals surface area contributed by atoms with Crippen LogP contribution in [-0.4, -0.2) is 28.3 Å². The molecule has 4 N–H and O–H groups in total. The highest BCUT2D eigenvalue weighted by Gasteiger charge is 2.05. The molecule has 74 valence electrons. The van der Waals surface area contributed by atoms with Gasteiger partial charge in [-0.15, -0.1) is 0 Å². The fourth-order valence-electron chi connectivity index (χ4n) is 0.214. The topological polar surface area (TPSA) is 83.5 Å². The standard InChI is InChI=1S/C4H11NO.C4H8O2/c1-4(2,5)3-6;1-2-3-4(5)6/h6H,3,5H2,1-2H3;2-3H2,1H3,(H,5,6). The number of carboxylic acids is 1. The molecular formula is C8H19NO3. The maximum atomic E-state index is 9.60. The Labute approximate surface area is 73.4 Å². The summed E-state index contributed by atoms with van der Waals surface area (Å²) in [5.74, 6) is -0.711. The number of hydrogen-bond acceptors (Lipinski definition) is 3. The molecule has 0 atom stereocenters. The van der Waals surface area contributed by atoms with Crippen molar-refractivity contribution in [1.82, 2.24) is 0 Å². The van der Waals surface area contributed by atoms with Crippen LogP contribution in [0.3, 0.4) is 0 Å². The molecule has 12 heavy (non-hydrogen) atoms. The van der Waals surface area contributed by atoms with Crippen LogP contribution in [0.5, 0.6) is 0 Å². The minimum atomic E-state index is -0.711. The molecule has 0 fully saturated rings. The quantitative estimate of drug-likeness (QED) is 0.589. The molecule has 4 nitrogen and oxygen atoms in total. The van der Waals surface area contributed by atoms with Gasteiger partial charge in [-0.1, -0.05) is 6.92 Å². The van der Waals surface area contributed by atoms with Crippen molar-refractivity contribution >= 4 is 5.97 Å². The number of aliphatic hydroxyl groups excluding tert-OH is 1. The highest BCUT2D eigenvalue weighted by Crippen LogP contribution is 1.90. The van der Waals surface area contributed by atoms with Crippen molar-refractivity contribution in [3.8, 4) is 0 Å². The Morgan fingerprint density at radius 2 is 1.83 bits per heavy atom. The van der Waals surface area contributed by atoms with Crippen LogP contribution in [-0.2, 0) is 4.79 Å². The first-order chi connectivity index (χ1) is 5.33. The maximum absolute atomic E-state index is 9.60. The summed E-state index contributed by atoms with van der Waals surface area (Å²) in [5.41, 5.74) is 4.88. The van der Waals surface area contributed by atoms with Crippen LogP contribution in [0.25, 0.3) is 0 Å². The highest BCUT2D eigenvalue weighted by molar-refractivity contribution is 5.66. The molecule has 0 aliphatic carbocycles. The zero-order chi connectivity index (χ0) is 10.2. The lowest BCUT2D eigenvalue weighted by Crippen LogP contribution is -2.35. The minimum absolute atomic E-state index is 0.0486. The predicted molar refractivity (Wildman–Crippen MR) is 47.9 cm³/mol. The molecule has 0 aromatic rings. The largest absolute Gasteiger partial charge is 0.481 e. The average molecular weight is 177 g/mol. The molecule has 0 unspecified atom stereocenters. The fourth-order valence-corrected chi connectivity index (χ4v) is 0.214. The van der Waals surface area contributed by atoms with E-state index in [9.17, 15) is 4.79 Å². The lowest BCUT2D eigenvalue weighted by atomic mass is 10.1. The first kappa shape index (κ1) is 13.9. The van der Waals surface area contributed by atoms with Gasteiger partial charge in [-0.3, -0.25) is 4.79 Å². The van der Waals surface area contributed by atoms with E-state index in [4.69, 9.17) is 15.9 Å². The smallest absolute Gasteiger partial charge is 0.303 e. The number of aliphatic carboxylic acids is 1. The Morgan fingerprint density at radius 1 is 1.50 bits per heavy atom. The van der Waals surface area contributed by atoms with Crippen LogP contribution >= 0.6 is 0 Å². The van der Waals surface area contributed by atoms with E-state index in [0.717, 1.165) is 6.42 Å². The summed E-state index contributed by atoms with van der Waals surface area (Å²) in [6.45, 7) is 5.43. The van der Waals surface area contributed by atoms with Gasteiger partial charge in [-0.25, -0.2) is 0 Å². The van der Waals surface area contributed by atoms with Crippen molar-refractivity contribution in [2.75, 3.05) is 6.61 Å². The van der Waals surface area contributed by atoms with Crippen LogP contribution in [0.4, 0.5) is 0 Å². The number of aliphatic hydroxyl groups is 1. The van der Waals surface area contributed by atoms with Crippen molar-refractivity contribution in [3.63, 3.8) is 0 Å². The van der Waals surface area contributed by atoms with Gasteiger partial charge in [-0.05, 0) is 20.3 Å². The van der Waals surface area contributed by atoms with Crippen LogP contribution in [0.2, 0.25) is 0 Å². The van der Waals surface area contributed by atoms with E-state index in [1.807, 2.05) is 6.92 Å². The number of rotatable bonds is 3. The first-order valence-corrected chi connectivity index (χ1v) is 3.95. The first-order valence-electron chi connectivity index (χ1n) is 3.95. The minimum Gasteiger partial charge on any atom is -0.481 e. The molecule has 0 aliphatic heterocycles. The van der Waals surface area contributed by atoms with Crippen molar-refractivity contribution < 1.29 is 15.0 Å². The molecule has 0 aromatic carbocycles. The second-order valence-corrected chi connectivity index (χ2v) is 3.29. The summed E-state index contributed by atoms with van der Waals surface area (Å²) < 4.78 is 0. The Kier molecular flexibility index (Phi) is 8.21. The third-order valence-electron chi connectivity index (χ3n) is 0.871. The van der Waals surface area contributed by atoms with E-state index in [1.54, 1.807) is 13.8 Å². The Bertz CT molecular complexity index is 118. The Morgan fingerprint density at radius 3 is 1.83 bits per heavy atom. The summed E-state index contributed by atoms with van der Waals surface area (Å²) in [6, 6.07) is 0. The molecule has 0 rings (SSSR count). The predicted octanol–water partition coefficient (Wildman–Crippen LogP) is 0.587. The number of carboxylic acid groups (broad SMARTS) is 1. The molecule has 0 saturated carbocycles. The molecule has 0 amide bonds. The maximum Gasteiger partial charge on any atom is 0.303 e. The zero-order valence-corrected chi connectivity index (χ0v) is 8.00. The van der Waals surface area contributed by atoms with Gasteiger partial charge in [0.25, 0.3) is 0 Å². The van der Waals surface area contributed by atoms with Gasteiger partial charge in [0.1, 0.15) is 0 Å². The second kappa shape index (κ2) is 7.06. The van der Waals surface area contributed by atoms with Gasteiger partial charge < -0.3 is 15.9 Å². The lowest BCUT2D eigenvalue weighted by molar-refractivity contribution is -0.137. The number of carbonyl (C=O) groups is 1. The van der Waals surface area contributed by atoms with Crippen molar-refractivity contribution in [2.45, 2.75) is 39.2 Å². The van der Waals surface area contributed by atoms with Crippen LogP contribution in [0, 0.1) is 0 Å². The van der Waals surface area contributed by atoms with Gasteiger partial charge in [0.15, 0.2) is 0 Å². The number of hydrogen-bond donors (Lipinski definition) is 3. The van der Waals surface area contributed by atoms with E-state index in [1.165, 1.54) is 0 Å². The van der Waals surface area contributed by atoms with E-state index in [-0.39, 0.29) is 6.61 Å². The van der Waals surface area contributed by atoms with Gasteiger partial charge in [0.05, 0.1) is 6.61 Å². The van der Waals surface area contributed by atoms with Gasteiger partial charge in [-0.2, -0.15) is 0 Å². The Balaban J connectivity index is 0. The van der Waals surface area contributed by atoms with Crippen LogP contribution in [0.15, 0.2) is 0 Å². The lowest BCUT2D eigenvalue weighted by Gasteiger charge is -2.12. The van der Waals surface area contributed by atoms with Crippen molar-refractivity contribution in [2.24, 2.45) is 5.73 Å². The molecule has 0 saturated heterocycles. The summed E-state index contributed by atoms with van der Waals surface area (Å²) in [7, 11) is 0. The molecule has 0 radical (unpaired) electrons. The zero-order valence-electron chi connectivity index (χ0n) is 8.00. The summed E-state index contributed by atoms with van der Waals surface area (Å²) >= 11 is 0. The number of nitrogens with two attached hydrogens (primary N) is 1. The monoisotopic (exact) mass is 177 g/mol. The van der Waals surface area contributed by atoms with E-state index in [0.29, 0.717) is 6.42 Å². The van der Waals surface area contributed by atoms with E-state index >= 15 is 0 Å². The van der Waals surface area contributed by atoms with Gasteiger partial charge in [0, 0.05) is 12.0 Å². The fraction of sp³-hybridized carbons (Fsp3) is 0.875. The van der Waals surface area contributed by atoms with Gasteiger partial charge >= 0.3 is 5.97 Å². The second-order valence-electron chi connectivity index (χ2n) is 3.29. The van der Waals surface area contributed by atoms with Crippen LogP contribution < -0.4 is 5.73 Å². The molecule has 4 heteroatoms. The van der Waals surface area contributed by atoms with Crippen LogP contribution in [0.1, 0.15) is 33.6 Å². The normalized spacial score (nSPS) is 10.1. The SMILES string of the molecule is CC(C)(N)CO.CCCC(=O)O. The molecule has 0 heterocycles. The van der Waals surface area contributed by atoms with Gasteiger partial charge in [0.2, 0.25) is 0 Å². The third kappa shape index (κ3) is 22.8. The summed E-state index contributed by atoms with van der Waals surface area (Å²) in [4.78, 5) is 9.60. The van der Waals surface area contributed by atoms with E-state index < -0.39 is 11.5 Å². The Hall–Kier alpha value is -0.610. The third-order valence-corrected chi connectivity index (χ3v) is 0.871. The van der Waals surface area contributed by atoms with Crippen molar-refractivity contribution in [1.29, 1.82) is 0 Å². The average Bonchev–Trinajstić information content (AvgIpc) is 1.87. The molecule has 0 aliphatic rings. The molecule has 0 bridgehead atoms. The molecule has 0 spiro atoms. The summed E-state index contributed by atoms with van der Waals surface area (Å²) in [5, 5.41) is 16.2. The summed E-state index contributed by atoms with van der Waals surface area (Å²) in [6.07, 6.45) is 1.02.